The molecule has 0 aliphatic rings. The summed E-state index contributed by atoms with van der Waals surface area (Å²) < 4.78 is 42.1. The lowest BCUT2D eigenvalue weighted by atomic mass is 10.0. The molecule has 1 aromatic carbocycles. The summed E-state index contributed by atoms with van der Waals surface area (Å²) in [6.45, 7) is 2.32. The fraction of sp³-hybridized carbons (Fsp3) is 0.500. The predicted octanol–water partition coefficient (Wildman–Crippen LogP) is 2.91. The van der Waals surface area contributed by atoms with Crippen molar-refractivity contribution < 1.29 is 17.9 Å². The lowest BCUT2D eigenvalue weighted by molar-refractivity contribution is -0.148. The summed E-state index contributed by atoms with van der Waals surface area (Å²) in [6.07, 6.45) is -4.20. The number of ether oxygens (including phenoxy) is 1. The van der Waals surface area contributed by atoms with Crippen LogP contribution in [0.2, 0.25) is 0 Å². The van der Waals surface area contributed by atoms with Crippen molar-refractivity contribution in [3.05, 3.63) is 29.8 Å². The van der Waals surface area contributed by atoms with Gasteiger partial charge < -0.3 is 10.5 Å². The Morgan fingerprint density at radius 1 is 1.29 bits per heavy atom. The Hall–Kier alpha value is -1.23. The summed E-state index contributed by atoms with van der Waals surface area (Å²) in [4.78, 5) is 0. The first-order valence-corrected chi connectivity index (χ1v) is 5.48. The van der Waals surface area contributed by atoms with Crippen molar-refractivity contribution in [1.29, 1.82) is 0 Å². The van der Waals surface area contributed by atoms with E-state index in [1.165, 1.54) is 0 Å². The molecule has 1 aromatic rings. The molecule has 1 rings (SSSR count). The summed E-state index contributed by atoms with van der Waals surface area (Å²) in [7, 11) is 0. The molecule has 0 aliphatic heterocycles. The van der Waals surface area contributed by atoms with E-state index in [1.807, 2.05) is 6.92 Å². The number of aryl methyl sites for hydroxylation is 1. The zero-order valence-electron chi connectivity index (χ0n) is 9.63. The van der Waals surface area contributed by atoms with Crippen LogP contribution in [0.1, 0.15) is 18.9 Å². The van der Waals surface area contributed by atoms with Crippen LogP contribution in [0.4, 0.5) is 13.2 Å². The molecule has 0 aliphatic carbocycles. The van der Waals surface area contributed by atoms with Gasteiger partial charge in [-0.1, -0.05) is 18.2 Å². The summed E-state index contributed by atoms with van der Waals surface area (Å²) in [5.41, 5.74) is 5.82. The van der Waals surface area contributed by atoms with Crippen LogP contribution in [0.3, 0.4) is 0 Å². The average molecular weight is 247 g/mol. The molecule has 96 valence electrons. The third-order valence-electron chi connectivity index (χ3n) is 2.42. The Morgan fingerprint density at radius 2 is 1.94 bits per heavy atom. The summed E-state index contributed by atoms with van der Waals surface area (Å²) in [6, 6.07) is 5.29. The van der Waals surface area contributed by atoms with Gasteiger partial charge in [-0.15, -0.1) is 0 Å². The van der Waals surface area contributed by atoms with Crippen molar-refractivity contribution in [2.45, 2.75) is 32.0 Å². The highest BCUT2D eigenvalue weighted by atomic mass is 19.4. The topological polar surface area (TPSA) is 35.2 Å². The molecule has 5 heteroatoms. The minimum atomic E-state index is -4.33. The first kappa shape index (κ1) is 13.8. The monoisotopic (exact) mass is 247 g/mol. The van der Waals surface area contributed by atoms with E-state index in [4.69, 9.17) is 10.5 Å². The predicted molar refractivity (Wildman–Crippen MR) is 60.0 cm³/mol. The minimum absolute atomic E-state index is 0.131. The van der Waals surface area contributed by atoms with E-state index in [0.29, 0.717) is 12.4 Å². The van der Waals surface area contributed by atoms with Gasteiger partial charge in [0.05, 0.1) is 6.61 Å². The van der Waals surface area contributed by atoms with Crippen LogP contribution >= 0.6 is 0 Å². The van der Waals surface area contributed by atoms with Crippen molar-refractivity contribution in [3.8, 4) is 5.75 Å². The van der Waals surface area contributed by atoms with Gasteiger partial charge in [-0.3, -0.25) is 0 Å². The van der Waals surface area contributed by atoms with Gasteiger partial charge in [0.25, 0.3) is 0 Å². The van der Waals surface area contributed by atoms with Crippen LogP contribution in [0.5, 0.6) is 5.75 Å². The maximum atomic E-state index is 12.2. The van der Waals surface area contributed by atoms with E-state index >= 15 is 0 Å². The van der Waals surface area contributed by atoms with Gasteiger partial charge in [0, 0.05) is 0 Å². The third-order valence-corrected chi connectivity index (χ3v) is 2.42. The first-order chi connectivity index (χ1) is 7.95. The van der Waals surface area contributed by atoms with E-state index in [9.17, 15) is 13.2 Å². The Bertz CT molecular complexity index is 352. The Morgan fingerprint density at radius 3 is 2.53 bits per heavy atom. The molecule has 1 unspecified atom stereocenters. The maximum absolute atomic E-state index is 12.2. The van der Waals surface area contributed by atoms with Crippen LogP contribution in [-0.4, -0.2) is 18.8 Å². The zero-order chi connectivity index (χ0) is 12.9. The number of alkyl halides is 3. The van der Waals surface area contributed by atoms with Crippen LogP contribution in [0.25, 0.3) is 0 Å². The molecule has 2 N–H and O–H groups in total. The highest BCUT2D eigenvalue weighted by Crippen LogP contribution is 2.25. The van der Waals surface area contributed by atoms with E-state index < -0.39 is 12.2 Å². The standard InChI is InChI=1S/C12H16F3NO/c1-2-17-10-6-4-3-5-9(10)7-8-11(16)12(13,14)15/h3-6,11H,2,7-8,16H2,1H3. The Kier molecular flexibility index (Phi) is 4.81. The molecule has 0 radical (unpaired) electrons. The number of rotatable bonds is 5. The van der Waals surface area contributed by atoms with Gasteiger partial charge in [-0.25, -0.2) is 0 Å². The highest BCUT2D eigenvalue weighted by Gasteiger charge is 2.36. The van der Waals surface area contributed by atoms with Crippen LogP contribution in [0.15, 0.2) is 24.3 Å². The number of hydrogen-bond donors (Lipinski definition) is 1. The van der Waals surface area contributed by atoms with Crippen LogP contribution < -0.4 is 10.5 Å². The Labute approximate surface area is 98.6 Å². The van der Waals surface area contributed by atoms with Crippen LogP contribution in [0, 0.1) is 0 Å². The van der Waals surface area contributed by atoms with Gasteiger partial charge in [0.1, 0.15) is 11.8 Å². The highest BCUT2D eigenvalue weighted by molar-refractivity contribution is 5.33. The lowest BCUT2D eigenvalue weighted by Crippen LogP contribution is -2.37. The molecule has 0 bridgehead atoms. The van der Waals surface area contributed by atoms with E-state index in [-0.39, 0.29) is 12.8 Å². The second-order valence-corrected chi connectivity index (χ2v) is 3.73. The van der Waals surface area contributed by atoms with Crippen molar-refractivity contribution >= 4 is 0 Å². The second-order valence-electron chi connectivity index (χ2n) is 3.73. The van der Waals surface area contributed by atoms with Gasteiger partial charge in [0.15, 0.2) is 0 Å². The van der Waals surface area contributed by atoms with Gasteiger partial charge in [0.2, 0.25) is 0 Å². The normalized spacial score (nSPS) is 13.5. The summed E-state index contributed by atoms with van der Waals surface area (Å²) in [5.74, 6) is 0.629. The van der Waals surface area contributed by atoms with Gasteiger partial charge in [-0.2, -0.15) is 13.2 Å². The largest absolute Gasteiger partial charge is 0.494 e. The Balaban J connectivity index is 2.63. The molecule has 0 spiro atoms. The smallest absolute Gasteiger partial charge is 0.403 e. The molecule has 0 aromatic heterocycles. The molecular formula is C12H16F3NO. The molecule has 1 atom stereocenters. The van der Waals surface area contributed by atoms with Crippen molar-refractivity contribution in [1.82, 2.24) is 0 Å². The van der Waals surface area contributed by atoms with E-state index in [1.54, 1.807) is 24.3 Å². The molecule has 0 fully saturated rings. The van der Waals surface area contributed by atoms with E-state index in [2.05, 4.69) is 0 Å². The van der Waals surface area contributed by atoms with Crippen molar-refractivity contribution in [3.63, 3.8) is 0 Å². The number of para-hydroxylation sites is 1. The van der Waals surface area contributed by atoms with Gasteiger partial charge in [-0.05, 0) is 31.4 Å². The maximum Gasteiger partial charge on any atom is 0.403 e. The molecule has 17 heavy (non-hydrogen) atoms. The number of benzene rings is 1. The van der Waals surface area contributed by atoms with Gasteiger partial charge >= 0.3 is 6.18 Å². The van der Waals surface area contributed by atoms with E-state index in [0.717, 1.165) is 5.56 Å². The number of nitrogens with two attached hydrogens (primary N) is 1. The molecule has 0 amide bonds. The fourth-order valence-corrected chi connectivity index (χ4v) is 1.48. The fourth-order valence-electron chi connectivity index (χ4n) is 1.48. The third kappa shape index (κ3) is 4.26. The lowest BCUT2D eigenvalue weighted by Gasteiger charge is -2.16. The number of halogens is 3. The zero-order valence-corrected chi connectivity index (χ0v) is 9.63. The molecule has 0 saturated carbocycles. The SMILES string of the molecule is CCOc1ccccc1CCC(N)C(F)(F)F. The minimum Gasteiger partial charge on any atom is -0.494 e. The van der Waals surface area contributed by atoms with Crippen molar-refractivity contribution in [2.75, 3.05) is 6.61 Å². The van der Waals surface area contributed by atoms with Crippen LogP contribution in [-0.2, 0) is 6.42 Å². The second kappa shape index (κ2) is 5.91. The molecule has 0 saturated heterocycles. The summed E-state index contributed by atoms with van der Waals surface area (Å²) >= 11 is 0. The quantitative estimate of drug-likeness (QED) is 0.868. The summed E-state index contributed by atoms with van der Waals surface area (Å²) in [5, 5.41) is 0. The average Bonchev–Trinajstić information content (AvgIpc) is 2.26. The van der Waals surface area contributed by atoms with Crippen molar-refractivity contribution in [2.24, 2.45) is 5.73 Å². The number of hydrogen-bond acceptors (Lipinski definition) is 2. The molecular weight excluding hydrogens is 231 g/mol. The molecule has 0 heterocycles. The first-order valence-electron chi connectivity index (χ1n) is 5.48. The molecule has 2 nitrogen and oxygen atoms in total.